The van der Waals surface area contributed by atoms with E-state index in [0.29, 0.717) is 0 Å². The molecule has 0 bridgehead atoms. The van der Waals surface area contributed by atoms with E-state index in [9.17, 15) is 18.5 Å². The number of hydrogen-bond donors (Lipinski definition) is 3. The van der Waals surface area contributed by atoms with Crippen LogP contribution >= 0.6 is 0 Å². The van der Waals surface area contributed by atoms with Gasteiger partial charge in [-0.1, -0.05) is 0 Å². The molecular formula is C6H7NO10S2. The molecule has 0 aliphatic rings. The summed E-state index contributed by atoms with van der Waals surface area (Å²) in [6, 6.07) is 4.23. The van der Waals surface area contributed by atoms with Gasteiger partial charge in [-0.25, -0.2) is 0 Å². The zero-order valence-electron chi connectivity index (χ0n) is 8.77. The lowest BCUT2D eigenvalue weighted by Gasteiger charge is -1.99. The van der Waals surface area contributed by atoms with Crippen LogP contribution in [0.4, 0.5) is 5.69 Å². The van der Waals surface area contributed by atoms with Crippen molar-refractivity contribution in [1.29, 1.82) is 0 Å². The number of hydrogen-bond acceptors (Lipinski definition) is 7. The predicted molar refractivity (Wildman–Crippen MR) is 59.5 cm³/mol. The third-order valence-corrected chi connectivity index (χ3v) is 1.65. The van der Waals surface area contributed by atoms with Crippen LogP contribution in [-0.2, 0) is 20.8 Å². The SMILES string of the molecule is O=S(=O)(O)O.O=[N+]([O-])c1ccc(OS(=O)(=O)O)cc1. The minimum Gasteiger partial charge on any atom is -0.362 e. The second-order valence-corrected chi connectivity index (χ2v) is 4.63. The lowest BCUT2D eigenvalue weighted by atomic mass is 10.3. The van der Waals surface area contributed by atoms with Crippen LogP contribution in [0.25, 0.3) is 0 Å². The minimum atomic E-state index is -4.67. The summed E-state index contributed by atoms with van der Waals surface area (Å²) in [5.74, 6) is -0.196. The van der Waals surface area contributed by atoms with Crippen LogP contribution in [0, 0.1) is 10.1 Å². The zero-order valence-corrected chi connectivity index (χ0v) is 10.4. The average Bonchev–Trinajstić information content (AvgIpc) is 2.12. The van der Waals surface area contributed by atoms with E-state index in [1.54, 1.807) is 0 Å². The molecule has 0 amide bonds. The maximum Gasteiger partial charge on any atom is 0.446 e. The van der Waals surface area contributed by atoms with Gasteiger partial charge >= 0.3 is 20.8 Å². The molecule has 1 aromatic carbocycles. The first-order valence-corrected chi connectivity index (χ1v) is 6.76. The Labute approximate surface area is 107 Å². The van der Waals surface area contributed by atoms with Gasteiger partial charge in [0.25, 0.3) is 5.69 Å². The van der Waals surface area contributed by atoms with E-state index >= 15 is 0 Å². The number of nitrogens with zero attached hydrogens (tertiary/aromatic N) is 1. The van der Waals surface area contributed by atoms with Gasteiger partial charge in [-0.05, 0) is 12.1 Å². The Bertz CT molecular complexity index is 623. The lowest BCUT2D eigenvalue weighted by molar-refractivity contribution is -0.384. The summed E-state index contributed by atoms with van der Waals surface area (Å²) in [5, 5.41) is 10.2. The van der Waals surface area contributed by atoms with E-state index in [1.165, 1.54) is 0 Å². The van der Waals surface area contributed by atoms with Crippen LogP contribution in [0.1, 0.15) is 0 Å². The summed E-state index contributed by atoms with van der Waals surface area (Å²) < 4.78 is 64.3. The summed E-state index contributed by atoms with van der Waals surface area (Å²) in [5.41, 5.74) is -0.201. The molecule has 0 radical (unpaired) electrons. The molecule has 0 spiro atoms. The fourth-order valence-electron chi connectivity index (χ4n) is 0.745. The summed E-state index contributed by atoms with van der Waals surface area (Å²) in [7, 11) is -9.25. The summed E-state index contributed by atoms with van der Waals surface area (Å²) in [6.45, 7) is 0. The average molecular weight is 317 g/mol. The van der Waals surface area contributed by atoms with E-state index in [-0.39, 0.29) is 11.4 Å². The van der Waals surface area contributed by atoms with Crippen molar-refractivity contribution in [2.24, 2.45) is 0 Å². The van der Waals surface area contributed by atoms with Gasteiger partial charge in [0, 0.05) is 12.1 Å². The van der Waals surface area contributed by atoms with E-state index in [0.717, 1.165) is 24.3 Å². The number of non-ortho nitro benzene ring substituents is 1. The van der Waals surface area contributed by atoms with Crippen molar-refractivity contribution in [2.45, 2.75) is 0 Å². The minimum absolute atomic E-state index is 0.196. The van der Waals surface area contributed by atoms with Gasteiger partial charge in [-0.2, -0.15) is 16.8 Å². The maximum atomic E-state index is 10.2. The van der Waals surface area contributed by atoms with E-state index < -0.39 is 25.7 Å². The fraction of sp³-hybridized carbons (Fsp3) is 0. The third kappa shape index (κ3) is 11.0. The molecule has 19 heavy (non-hydrogen) atoms. The highest BCUT2D eigenvalue weighted by Crippen LogP contribution is 2.18. The Morgan fingerprint density at radius 1 is 1.00 bits per heavy atom. The normalized spacial score (nSPS) is 11.1. The van der Waals surface area contributed by atoms with Crippen molar-refractivity contribution in [1.82, 2.24) is 0 Å². The lowest BCUT2D eigenvalue weighted by Crippen LogP contribution is -2.06. The molecule has 0 saturated heterocycles. The largest absolute Gasteiger partial charge is 0.446 e. The molecule has 0 fully saturated rings. The van der Waals surface area contributed by atoms with Gasteiger partial charge < -0.3 is 4.18 Å². The van der Waals surface area contributed by atoms with Crippen molar-refractivity contribution in [3.63, 3.8) is 0 Å². The van der Waals surface area contributed by atoms with E-state index in [2.05, 4.69) is 4.18 Å². The van der Waals surface area contributed by atoms with Crippen LogP contribution in [0.3, 0.4) is 0 Å². The van der Waals surface area contributed by atoms with Crippen molar-refractivity contribution >= 4 is 26.5 Å². The Kier molecular flexibility index (Phi) is 5.79. The molecule has 0 aliphatic heterocycles. The first-order chi connectivity index (χ1) is 8.38. The molecule has 108 valence electrons. The molecule has 0 atom stereocenters. The molecule has 11 nitrogen and oxygen atoms in total. The molecule has 0 saturated carbocycles. The fourth-order valence-corrected chi connectivity index (χ4v) is 1.10. The molecule has 13 heteroatoms. The molecule has 1 rings (SSSR count). The van der Waals surface area contributed by atoms with Gasteiger partial charge in [0.2, 0.25) is 0 Å². The van der Waals surface area contributed by atoms with Gasteiger partial charge in [0.15, 0.2) is 0 Å². The third-order valence-electron chi connectivity index (χ3n) is 1.25. The highest BCUT2D eigenvalue weighted by atomic mass is 32.3. The first-order valence-electron chi connectivity index (χ1n) is 4.00. The number of benzene rings is 1. The predicted octanol–water partition coefficient (Wildman–Crippen LogP) is 0.124. The molecule has 0 unspecified atom stereocenters. The Balaban J connectivity index is 0.000000555. The Morgan fingerprint density at radius 2 is 1.37 bits per heavy atom. The number of rotatable bonds is 3. The molecule has 1 aromatic rings. The van der Waals surface area contributed by atoms with Crippen LogP contribution in [-0.4, -0.2) is 35.4 Å². The van der Waals surface area contributed by atoms with Crippen molar-refractivity contribution in [3.8, 4) is 5.75 Å². The maximum absolute atomic E-state index is 10.2. The van der Waals surface area contributed by atoms with Gasteiger partial charge in [0.1, 0.15) is 5.75 Å². The summed E-state index contributed by atoms with van der Waals surface area (Å²) in [4.78, 5) is 9.55. The number of nitro benzene ring substituents is 1. The highest BCUT2D eigenvalue weighted by Gasteiger charge is 2.09. The topological polar surface area (TPSA) is 181 Å². The van der Waals surface area contributed by atoms with Gasteiger partial charge in [-0.3, -0.25) is 23.8 Å². The smallest absolute Gasteiger partial charge is 0.362 e. The zero-order chi connectivity index (χ0) is 15.3. The molecule has 0 heterocycles. The second kappa shape index (κ2) is 6.39. The van der Waals surface area contributed by atoms with E-state index in [1.807, 2.05) is 0 Å². The second-order valence-electron chi connectivity index (χ2n) is 2.71. The standard InChI is InChI=1S/C6H5NO6S.H2O4S/c8-7(9)5-1-3-6(4-2-5)13-14(10,11)12;1-5(2,3)4/h1-4H,(H,10,11,12);(H2,1,2,3,4). The van der Waals surface area contributed by atoms with Gasteiger partial charge in [-0.15, -0.1) is 0 Å². The Hall–Kier alpha value is -1.80. The highest BCUT2D eigenvalue weighted by molar-refractivity contribution is 7.81. The Morgan fingerprint density at radius 3 is 1.63 bits per heavy atom. The van der Waals surface area contributed by atoms with Crippen molar-refractivity contribution in [2.75, 3.05) is 0 Å². The number of nitro groups is 1. The van der Waals surface area contributed by atoms with Crippen LogP contribution in [0.2, 0.25) is 0 Å². The van der Waals surface area contributed by atoms with Crippen LogP contribution < -0.4 is 4.18 Å². The molecule has 3 N–H and O–H groups in total. The monoisotopic (exact) mass is 317 g/mol. The van der Waals surface area contributed by atoms with Gasteiger partial charge in [0.05, 0.1) is 4.92 Å². The molecule has 0 aromatic heterocycles. The molecular weight excluding hydrogens is 310 g/mol. The summed E-state index contributed by atoms with van der Waals surface area (Å²) in [6.07, 6.45) is 0. The first kappa shape index (κ1) is 17.2. The van der Waals surface area contributed by atoms with E-state index in [4.69, 9.17) is 22.1 Å². The molecule has 0 aliphatic carbocycles. The van der Waals surface area contributed by atoms with Crippen LogP contribution in [0.15, 0.2) is 24.3 Å². The van der Waals surface area contributed by atoms with Crippen LogP contribution in [0.5, 0.6) is 5.75 Å². The van der Waals surface area contributed by atoms with Crippen molar-refractivity contribution < 1.29 is 39.6 Å². The summed E-state index contributed by atoms with van der Waals surface area (Å²) >= 11 is 0. The van der Waals surface area contributed by atoms with Crippen molar-refractivity contribution in [3.05, 3.63) is 34.4 Å². The quantitative estimate of drug-likeness (QED) is 0.393.